The van der Waals surface area contributed by atoms with E-state index in [0.717, 1.165) is 56.3 Å². The van der Waals surface area contributed by atoms with Crippen molar-refractivity contribution in [3.63, 3.8) is 0 Å². The number of nitrogens with zero attached hydrogens (tertiary/aromatic N) is 2. The number of hydrogen-bond donors (Lipinski definition) is 0. The van der Waals surface area contributed by atoms with Crippen LogP contribution in [0.1, 0.15) is 36.2 Å². The molecule has 0 saturated carbocycles. The van der Waals surface area contributed by atoms with Crippen LogP contribution in [0.4, 0.5) is 5.69 Å². The van der Waals surface area contributed by atoms with Crippen LogP contribution in [0.5, 0.6) is 0 Å². The summed E-state index contributed by atoms with van der Waals surface area (Å²) in [6.45, 7) is 18.8. The van der Waals surface area contributed by atoms with Crippen LogP contribution in [0.3, 0.4) is 0 Å². The number of rotatable bonds is 4. The number of furan rings is 1. The molecule has 0 unspecified atom stereocenters. The zero-order valence-corrected chi connectivity index (χ0v) is 21.4. The highest BCUT2D eigenvalue weighted by atomic mass is 16.3. The lowest BCUT2D eigenvalue weighted by Crippen LogP contribution is -2.35. The SMILES string of the molecule is [C-]#[N+]c1c(C)cc2c(oc3c(-c4cc(CC(C)C)cc(C)[n+]4C)c(C)ccc32)c1-c1ccccc1. The highest BCUT2D eigenvalue weighted by Crippen LogP contribution is 2.45. The molecule has 0 amide bonds. The van der Waals surface area contributed by atoms with Crippen molar-refractivity contribution >= 4 is 27.6 Å². The summed E-state index contributed by atoms with van der Waals surface area (Å²) in [6.07, 6.45) is 1.04. The van der Waals surface area contributed by atoms with Crippen molar-refractivity contribution in [2.45, 2.75) is 41.0 Å². The van der Waals surface area contributed by atoms with Gasteiger partial charge in [-0.1, -0.05) is 62.4 Å². The summed E-state index contributed by atoms with van der Waals surface area (Å²) in [5.74, 6) is 0.585. The maximum atomic E-state index is 7.91. The van der Waals surface area contributed by atoms with Gasteiger partial charge < -0.3 is 4.42 Å². The van der Waals surface area contributed by atoms with Crippen LogP contribution < -0.4 is 4.57 Å². The first kappa shape index (κ1) is 22.9. The second-order valence-electron chi connectivity index (χ2n) is 10.1. The van der Waals surface area contributed by atoms with Crippen molar-refractivity contribution in [1.82, 2.24) is 0 Å². The van der Waals surface area contributed by atoms with E-state index >= 15 is 0 Å². The van der Waals surface area contributed by atoms with Gasteiger partial charge >= 0.3 is 0 Å². The fourth-order valence-electron chi connectivity index (χ4n) is 5.23. The highest BCUT2D eigenvalue weighted by Gasteiger charge is 2.25. The molecule has 2 aromatic heterocycles. The van der Waals surface area contributed by atoms with E-state index in [-0.39, 0.29) is 0 Å². The lowest BCUT2D eigenvalue weighted by atomic mass is 9.95. The van der Waals surface area contributed by atoms with Crippen molar-refractivity contribution in [2.75, 3.05) is 0 Å². The summed E-state index contributed by atoms with van der Waals surface area (Å²) in [5.41, 5.74) is 11.2. The fraction of sp³-hybridized carbons (Fsp3) is 0.250. The molecular weight excluding hydrogens is 428 g/mol. The Morgan fingerprint density at radius 1 is 0.857 bits per heavy atom. The quantitative estimate of drug-likeness (QED) is 0.195. The second-order valence-corrected chi connectivity index (χ2v) is 10.1. The molecule has 0 bridgehead atoms. The van der Waals surface area contributed by atoms with Crippen molar-refractivity contribution in [1.29, 1.82) is 0 Å². The van der Waals surface area contributed by atoms with Gasteiger partial charge in [0.25, 0.3) is 0 Å². The van der Waals surface area contributed by atoms with E-state index in [2.05, 4.69) is 86.6 Å². The van der Waals surface area contributed by atoms with Crippen LogP contribution in [0.25, 0.3) is 49.2 Å². The molecule has 35 heavy (non-hydrogen) atoms. The maximum Gasteiger partial charge on any atom is 0.216 e. The summed E-state index contributed by atoms with van der Waals surface area (Å²) in [5, 5.41) is 2.15. The monoisotopic (exact) mass is 459 g/mol. The Morgan fingerprint density at radius 2 is 1.57 bits per heavy atom. The van der Waals surface area contributed by atoms with E-state index in [4.69, 9.17) is 11.0 Å². The molecule has 3 aromatic carbocycles. The van der Waals surface area contributed by atoms with E-state index in [1.165, 1.54) is 16.8 Å². The van der Waals surface area contributed by atoms with Gasteiger partial charge in [-0.05, 0) is 48.4 Å². The minimum absolute atomic E-state index is 0.585. The zero-order chi connectivity index (χ0) is 24.9. The third-order valence-corrected chi connectivity index (χ3v) is 6.98. The van der Waals surface area contributed by atoms with Gasteiger partial charge in [0.05, 0.1) is 12.1 Å². The average Bonchev–Trinajstić information content (AvgIpc) is 3.18. The van der Waals surface area contributed by atoms with E-state index < -0.39 is 0 Å². The lowest BCUT2D eigenvalue weighted by molar-refractivity contribution is -0.666. The zero-order valence-electron chi connectivity index (χ0n) is 21.4. The van der Waals surface area contributed by atoms with E-state index in [0.29, 0.717) is 11.6 Å². The summed E-state index contributed by atoms with van der Waals surface area (Å²) in [7, 11) is 2.13. The molecule has 5 aromatic rings. The number of pyridine rings is 1. The van der Waals surface area contributed by atoms with Gasteiger partial charge in [0.1, 0.15) is 18.2 Å². The van der Waals surface area contributed by atoms with E-state index in [9.17, 15) is 0 Å². The molecule has 0 spiro atoms. The first-order chi connectivity index (χ1) is 16.8. The Balaban J connectivity index is 1.90. The van der Waals surface area contributed by atoms with Crippen molar-refractivity contribution in [2.24, 2.45) is 13.0 Å². The lowest BCUT2D eigenvalue weighted by Gasteiger charge is -2.11. The third kappa shape index (κ3) is 3.80. The minimum atomic E-state index is 0.585. The molecule has 3 nitrogen and oxygen atoms in total. The Morgan fingerprint density at radius 3 is 2.26 bits per heavy atom. The van der Waals surface area contributed by atoms with E-state index in [1.807, 2.05) is 25.1 Å². The molecule has 0 aliphatic rings. The van der Waals surface area contributed by atoms with Crippen molar-refractivity contribution in [3.05, 3.63) is 94.5 Å². The molecular formula is C32H31N2O+. The topological polar surface area (TPSA) is 21.4 Å². The molecule has 5 rings (SSSR count). The second kappa shape index (κ2) is 8.71. The smallest absolute Gasteiger partial charge is 0.216 e. The van der Waals surface area contributed by atoms with Gasteiger partial charge in [-0.2, -0.15) is 4.57 Å². The number of aryl methyl sites for hydroxylation is 3. The first-order valence-corrected chi connectivity index (χ1v) is 12.2. The Hall–Kier alpha value is -3.90. The molecule has 2 heterocycles. The van der Waals surface area contributed by atoms with Crippen molar-refractivity contribution < 1.29 is 8.98 Å². The average molecular weight is 460 g/mol. The number of fused-ring (bicyclic) bond motifs is 3. The summed E-state index contributed by atoms with van der Waals surface area (Å²) >= 11 is 0. The maximum absolute atomic E-state index is 7.91. The van der Waals surface area contributed by atoms with Crippen LogP contribution in [0.2, 0.25) is 0 Å². The molecule has 0 aliphatic carbocycles. The predicted molar refractivity (Wildman–Crippen MR) is 145 cm³/mol. The Kier molecular flexibility index (Phi) is 5.69. The third-order valence-electron chi connectivity index (χ3n) is 6.98. The molecule has 0 N–H and O–H groups in total. The van der Waals surface area contributed by atoms with Gasteiger partial charge in [0, 0.05) is 35.4 Å². The number of benzene rings is 3. The predicted octanol–water partition coefficient (Wildman–Crippen LogP) is 8.42. The fourth-order valence-corrected chi connectivity index (χ4v) is 5.23. The number of hydrogen-bond acceptors (Lipinski definition) is 1. The normalized spacial score (nSPS) is 11.5. The highest BCUT2D eigenvalue weighted by molar-refractivity contribution is 6.15. The van der Waals surface area contributed by atoms with Gasteiger partial charge in [0.2, 0.25) is 11.4 Å². The molecule has 0 aliphatic heterocycles. The van der Waals surface area contributed by atoms with Crippen LogP contribution in [0.15, 0.2) is 65.1 Å². The molecule has 0 radical (unpaired) electrons. The summed E-state index contributed by atoms with van der Waals surface area (Å²) < 4.78 is 9.02. The Bertz CT molecular complexity index is 1630. The molecule has 0 fully saturated rings. The number of aromatic nitrogens is 1. The van der Waals surface area contributed by atoms with Crippen LogP contribution >= 0.6 is 0 Å². The summed E-state index contributed by atoms with van der Waals surface area (Å²) in [4.78, 5) is 3.92. The van der Waals surface area contributed by atoms with Gasteiger partial charge in [-0.3, -0.25) is 0 Å². The standard InChI is InChI=1S/C32H31N2O/c1-19(2)15-23-17-22(5)34(7)27(18-23)28-20(3)13-14-25-26-16-21(4)30(33-6)29(32(26)35-31(25)28)24-11-9-8-10-12-24/h8-14,16-19H,15H2,1-5,7H3/q+1. The first-order valence-electron chi connectivity index (χ1n) is 12.2. The van der Waals surface area contributed by atoms with Crippen LogP contribution in [0, 0.1) is 33.3 Å². The van der Waals surface area contributed by atoms with Gasteiger partial charge in [-0.15, -0.1) is 0 Å². The summed E-state index contributed by atoms with van der Waals surface area (Å²) in [6, 6.07) is 21.2. The van der Waals surface area contributed by atoms with Crippen molar-refractivity contribution in [3.8, 4) is 22.4 Å². The Labute approximate surface area is 207 Å². The van der Waals surface area contributed by atoms with Gasteiger partial charge in [-0.25, -0.2) is 4.85 Å². The molecule has 0 saturated heterocycles. The van der Waals surface area contributed by atoms with Crippen LogP contribution in [-0.4, -0.2) is 0 Å². The van der Waals surface area contributed by atoms with Gasteiger partial charge in [0.15, 0.2) is 5.69 Å². The molecule has 174 valence electrons. The van der Waals surface area contributed by atoms with Crippen LogP contribution in [-0.2, 0) is 13.5 Å². The van der Waals surface area contributed by atoms with E-state index in [1.54, 1.807) is 0 Å². The minimum Gasteiger partial charge on any atom is -0.456 e. The molecule has 0 atom stereocenters. The molecule has 3 heteroatoms. The largest absolute Gasteiger partial charge is 0.456 e.